The van der Waals surface area contributed by atoms with Crippen LogP contribution in [0.3, 0.4) is 0 Å². The molecule has 0 fully saturated rings. The minimum atomic E-state index is -0.476. The Kier molecular flexibility index (Phi) is 4.66. The second kappa shape index (κ2) is 6.07. The number of likely N-dealkylation sites (N-methyl/N-ethyl adjacent to an activating group) is 1. The predicted molar refractivity (Wildman–Crippen MR) is 86.2 cm³/mol. The van der Waals surface area contributed by atoms with Crippen molar-refractivity contribution in [3.05, 3.63) is 50.1 Å². The Balaban J connectivity index is 2.10. The van der Waals surface area contributed by atoms with Crippen LogP contribution in [0.2, 0.25) is 0 Å². The normalized spacial score (nSPS) is 12.5. The number of hydrogen-bond acceptors (Lipinski definition) is 3. The zero-order chi connectivity index (χ0) is 14.0. The first-order valence-electron chi connectivity index (χ1n) is 6.18. The number of thiophene rings is 1. The fraction of sp³-hybridized carbons (Fsp3) is 0.333. The molecule has 0 amide bonds. The lowest BCUT2D eigenvalue weighted by molar-refractivity contribution is 0.185. The van der Waals surface area contributed by atoms with Gasteiger partial charge in [0.15, 0.2) is 0 Å². The molecule has 0 bridgehead atoms. The smallest absolute Gasteiger partial charge is 0.0964 e. The monoisotopic (exact) mass is 339 g/mol. The molecule has 2 aromatic rings. The van der Waals surface area contributed by atoms with Crippen LogP contribution in [0.25, 0.3) is 0 Å². The molecule has 19 heavy (non-hydrogen) atoms. The maximum Gasteiger partial charge on any atom is 0.0964 e. The summed E-state index contributed by atoms with van der Waals surface area (Å²) in [6.07, 6.45) is -0.476. The molecule has 1 unspecified atom stereocenters. The highest BCUT2D eigenvalue weighted by Crippen LogP contribution is 2.27. The average Bonchev–Trinajstić information content (AvgIpc) is 2.79. The summed E-state index contributed by atoms with van der Waals surface area (Å²) in [6.45, 7) is 4.73. The van der Waals surface area contributed by atoms with Crippen molar-refractivity contribution in [2.24, 2.45) is 0 Å². The summed E-state index contributed by atoms with van der Waals surface area (Å²) in [5, 5.41) is 12.4. The maximum atomic E-state index is 10.3. The zero-order valence-corrected chi connectivity index (χ0v) is 13.8. The highest BCUT2D eigenvalue weighted by Gasteiger charge is 2.13. The third-order valence-corrected chi connectivity index (χ3v) is 4.98. The molecule has 1 N–H and O–H groups in total. The van der Waals surface area contributed by atoms with Crippen LogP contribution >= 0.6 is 27.3 Å². The van der Waals surface area contributed by atoms with Crippen molar-refractivity contribution in [1.82, 2.24) is 0 Å². The molecular weight excluding hydrogens is 322 g/mol. The molecule has 0 radical (unpaired) electrons. The predicted octanol–water partition coefficient (Wildman–Crippen LogP) is 4.30. The van der Waals surface area contributed by atoms with E-state index < -0.39 is 6.10 Å². The molecule has 2 nitrogen and oxygen atoms in total. The Labute approximate surface area is 126 Å². The highest BCUT2D eigenvalue weighted by molar-refractivity contribution is 9.10. The Hall–Kier alpha value is -0.840. The van der Waals surface area contributed by atoms with Gasteiger partial charge in [0.1, 0.15) is 0 Å². The fourth-order valence-corrected chi connectivity index (χ4v) is 3.10. The van der Waals surface area contributed by atoms with Crippen LogP contribution in [-0.4, -0.2) is 18.7 Å². The van der Waals surface area contributed by atoms with E-state index in [2.05, 4.69) is 39.2 Å². The summed E-state index contributed by atoms with van der Waals surface area (Å²) in [5.41, 5.74) is 3.30. The van der Waals surface area contributed by atoms with Crippen LogP contribution in [0.4, 0.5) is 5.69 Å². The van der Waals surface area contributed by atoms with Gasteiger partial charge in [-0.05, 0) is 42.5 Å². The van der Waals surface area contributed by atoms with E-state index in [1.807, 2.05) is 32.2 Å². The second-order valence-electron chi connectivity index (χ2n) is 4.77. The molecule has 2 rings (SSSR count). The van der Waals surface area contributed by atoms with Gasteiger partial charge in [0.2, 0.25) is 0 Å². The first-order valence-corrected chi connectivity index (χ1v) is 7.85. The van der Waals surface area contributed by atoms with Crippen LogP contribution in [0.15, 0.2) is 34.1 Å². The van der Waals surface area contributed by atoms with Crippen molar-refractivity contribution < 1.29 is 5.11 Å². The van der Waals surface area contributed by atoms with Crippen molar-refractivity contribution in [1.29, 1.82) is 0 Å². The lowest BCUT2D eigenvalue weighted by atomic mass is 10.1. The first-order chi connectivity index (χ1) is 8.99. The third-order valence-electron chi connectivity index (χ3n) is 3.26. The van der Waals surface area contributed by atoms with Gasteiger partial charge < -0.3 is 10.0 Å². The van der Waals surface area contributed by atoms with Gasteiger partial charge in [-0.15, -0.1) is 11.3 Å². The molecule has 0 saturated heterocycles. The Morgan fingerprint density at radius 1 is 1.32 bits per heavy atom. The van der Waals surface area contributed by atoms with Gasteiger partial charge in [-0.25, -0.2) is 0 Å². The van der Waals surface area contributed by atoms with Crippen molar-refractivity contribution in [3.63, 3.8) is 0 Å². The number of aliphatic hydroxyl groups excluding tert-OH is 1. The second-order valence-corrected chi connectivity index (χ2v) is 6.74. The van der Waals surface area contributed by atoms with E-state index in [0.29, 0.717) is 6.54 Å². The summed E-state index contributed by atoms with van der Waals surface area (Å²) in [7, 11) is 2.02. The Bertz CT molecular complexity index is 567. The number of nitrogens with zero attached hydrogens (tertiary/aromatic N) is 1. The van der Waals surface area contributed by atoms with Crippen molar-refractivity contribution in [2.75, 3.05) is 18.5 Å². The van der Waals surface area contributed by atoms with E-state index in [-0.39, 0.29) is 0 Å². The van der Waals surface area contributed by atoms with Crippen LogP contribution in [0.1, 0.15) is 22.1 Å². The number of hydrogen-bond donors (Lipinski definition) is 1. The largest absolute Gasteiger partial charge is 0.387 e. The average molecular weight is 340 g/mol. The van der Waals surface area contributed by atoms with Crippen LogP contribution in [0.5, 0.6) is 0 Å². The summed E-state index contributed by atoms with van der Waals surface area (Å²) < 4.78 is 1.07. The van der Waals surface area contributed by atoms with E-state index >= 15 is 0 Å². The van der Waals surface area contributed by atoms with Crippen LogP contribution in [-0.2, 0) is 0 Å². The minimum absolute atomic E-state index is 0.476. The highest BCUT2D eigenvalue weighted by atomic mass is 79.9. The molecule has 1 atom stereocenters. The number of anilines is 1. The lowest BCUT2D eigenvalue weighted by Gasteiger charge is -2.23. The van der Waals surface area contributed by atoms with E-state index in [0.717, 1.165) is 15.6 Å². The topological polar surface area (TPSA) is 23.5 Å². The number of rotatable bonds is 4. The van der Waals surface area contributed by atoms with Crippen LogP contribution < -0.4 is 4.90 Å². The molecule has 1 aromatic heterocycles. The van der Waals surface area contributed by atoms with Crippen molar-refractivity contribution >= 4 is 33.0 Å². The molecule has 0 saturated carbocycles. The quantitative estimate of drug-likeness (QED) is 0.897. The SMILES string of the molecule is Cc1cc(C(O)CN(C)c2ccsc2C)ccc1Br. The number of benzene rings is 1. The molecule has 102 valence electrons. The van der Waals surface area contributed by atoms with Gasteiger partial charge in [0.25, 0.3) is 0 Å². The van der Waals surface area contributed by atoms with Gasteiger partial charge in [-0.1, -0.05) is 28.1 Å². The molecule has 0 aliphatic rings. The maximum absolute atomic E-state index is 10.3. The molecular formula is C15H18BrNOS. The van der Waals surface area contributed by atoms with Crippen LogP contribution in [0, 0.1) is 13.8 Å². The number of halogens is 1. The lowest BCUT2D eigenvalue weighted by Crippen LogP contribution is -2.24. The van der Waals surface area contributed by atoms with Crippen molar-refractivity contribution in [2.45, 2.75) is 20.0 Å². The summed E-state index contributed by atoms with van der Waals surface area (Å²) in [6, 6.07) is 8.09. The molecule has 0 spiro atoms. The van der Waals surface area contributed by atoms with E-state index in [4.69, 9.17) is 0 Å². The van der Waals surface area contributed by atoms with E-state index in [9.17, 15) is 5.11 Å². The van der Waals surface area contributed by atoms with Gasteiger partial charge in [0, 0.05) is 22.9 Å². The van der Waals surface area contributed by atoms with Crippen molar-refractivity contribution in [3.8, 4) is 0 Å². The molecule has 1 heterocycles. The summed E-state index contributed by atoms with van der Waals surface area (Å²) in [5.74, 6) is 0. The first kappa shape index (κ1) is 14.6. The standard InChI is InChI=1S/C15H18BrNOS/c1-10-8-12(4-5-13(10)16)15(18)9-17(3)14-6-7-19-11(14)2/h4-8,15,18H,9H2,1-3H3. The molecule has 1 aromatic carbocycles. The van der Waals surface area contributed by atoms with Gasteiger partial charge >= 0.3 is 0 Å². The Morgan fingerprint density at radius 2 is 2.05 bits per heavy atom. The molecule has 0 aliphatic carbocycles. The molecule has 4 heteroatoms. The number of aliphatic hydroxyl groups is 1. The van der Waals surface area contributed by atoms with Gasteiger partial charge in [-0.3, -0.25) is 0 Å². The minimum Gasteiger partial charge on any atom is -0.387 e. The van der Waals surface area contributed by atoms with Gasteiger partial charge in [0.05, 0.1) is 11.8 Å². The van der Waals surface area contributed by atoms with Gasteiger partial charge in [-0.2, -0.15) is 0 Å². The summed E-state index contributed by atoms with van der Waals surface area (Å²) >= 11 is 5.21. The molecule has 0 aliphatic heterocycles. The van der Waals surface area contributed by atoms with E-state index in [1.54, 1.807) is 11.3 Å². The number of aryl methyl sites for hydroxylation is 2. The third kappa shape index (κ3) is 3.38. The Morgan fingerprint density at radius 3 is 2.63 bits per heavy atom. The summed E-state index contributed by atoms with van der Waals surface area (Å²) in [4.78, 5) is 3.38. The van der Waals surface area contributed by atoms with E-state index in [1.165, 1.54) is 10.6 Å². The fourth-order valence-electron chi connectivity index (χ4n) is 2.11. The zero-order valence-electron chi connectivity index (χ0n) is 11.4.